The molecule has 2 aliphatic carbocycles. The Labute approximate surface area is 159 Å². The molecule has 0 aliphatic heterocycles. The van der Waals surface area contributed by atoms with E-state index in [1.165, 1.54) is 44.9 Å². The molecule has 0 spiro atoms. The van der Waals surface area contributed by atoms with E-state index in [0.717, 1.165) is 30.6 Å². The number of hydrogen-bond donors (Lipinski definition) is 0. The van der Waals surface area contributed by atoms with Crippen LogP contribution in [0.5, 0.6) is 0 Å². The van der Waals surface area contributed by atoms with E-state index in [4.69, 9.17) is 0 Å². The summed E-state index contributed by atoms with van der Waals surface area (Å²) in [6, 6.07) is 3.54. The number of hydrogen-bond acceptors (Lipinski definition) is 0. The van der Waals surface area contributed by atoms with Crippen molar-refractivity contribution in [3.8, 4) is 0 Å². The van der Waals surface area contributed by atoms with Gasteiger partial charge in [-0.25, -0.2) is 8.78 Å². The Morgan fingerprint density at radius 3 is 2.04 bits per heavy atom. The van der Waals surface area contributed by atoms with E-state index in [-0.39, 0.29) is 13.3 Å². The summed E-state index contributed by atoms with van der Waals surface area (Å²) in [5.74, 6) is 1.50. The summed E-state index contributed by atoms with van der Waals surface area (Å²) in [7, 11) is 0. The van der Waals surface area contributed by atoms with Gasteiger partial charge in [-0.2, -0.15) is 0 Å². The Kier molecular flexibility index (Phi) is 7.85. The highest BCUT2D eigenvalue weighted by atomic mass is 19.2. The van der Waals surface area contributed by atoms with Gasteiger partial charge in [0.15, 0.2) is 11.6 Å². The van der Waals surface area contributed by atoms with Crippen LogP contribution in [-0.4, -0.2) is 0 Å². The Bertz CT molecular complexity index is 588. The second kappa shape index (κ2) is 9.67. The molecule has 2 aliphatic rings. The molecule has 0 bridgehead atoms. The van der Waals surface area contributed by atoms with Crippen LogP contribution in [0.3, 0.4) is 0 Å². The van der Waals surface area contributed by atoms with E-state index in [1.54, 1.807) is 13.0 Å². The van der Waals surface area contributed by atoms with Gasteiger partial charge in [-0.1, -0.05) is 31.7 Å². The van der Waals surface area contributed by atoms with Gasteiger partial charge < -0.3 is 0 Å². The van der Waals surface area contributed by atoms with Crippen molar-refractivity contribution in [1.82, 2.24) is 0 Å². The standard InChI is InChI=1S/C23H32F2.CH4/c1-3-4-5-17-7-9-18(10-8-17)19-11-13-20(14-12-19)21-15-6-16(2)22(24)23(21)25;/h3-4,6,15,17-20H,5,7-14H2,1-2H3;1H4. The number of rotatable bonds is 4. The van der Waals surface area contributed by atoms with Crippen LogP contribution in [0.2, 0.25) is 0 Å². The summed E-state index contributed by atoms with van der Waals surface area (Å²) in [5.41, 5.74) is 1.02. The minimum absolute atomic E-state index is 0. The van der Waals surface area contributed by atoms with Gasteiger partial charge in [0.1, 0.15) is 0 Å². The largest absolute Gasteiger partial charge is 0.203 e. The monoisotopic (exact) mass is 362 g/mol. The van der Waals surface area contributed by atoms with Gasteiger partial charge in [0.05, 0.1) is 0 Å². The molecule has 146 valence electrons. The van der Waals surface area contributed by atoms with Gasteiger partial charge in [-0.3, -0.25) is 0 Å². The molecule has 2 heteroatoms. The first-order valence-electron chi connectivity index (χ1n) is 10.2. The third kappa shape index (κ3) is 4.75. The number of allylic oxidation sites excluding steroid dienone is 2. The molecule has 0 saturated heterocycles. The van der Waals surface area contributed by atoms with Crippen LogP contribution in [0.4, 0.5) is 8.78 Å². The van der Waals surface area contributed by atoms with Crippen molar-refractivity contribution in [2.24, 2.45) is 17.8 Å². The predicted octanol–water partition coefficient (Wildman–Crippen LogP) is 7.96. The lowest BCUT2D eigenvalue weighted by Crippen LogP contribution is -2.25. The molecule has 3 rings (SSSR count). The number of benzene rings is 1. The Morgan fingerprint density at radius 2 is 1.46 bits per heavy atom. The van der Waals surface area contributed by atoms with E-state index in [1.807, 2.05) is 6.07 Å². The van der Waals surface area contributed by atoms with Crippen molar-refractivity contribution in [2.75, 3.05) is 0 Å². The zero-order valence-electron chi connectivity index (χ0n) is 15.7. The van der Waals surface area contributed by atoms with Gasteiger partial charge >= 0.3 is 0 Å². The summed E-state index contributed by atoms with van der Waals surface area (Å²) in [4.78, 5) is 0. The summed E-state index contributed by atoms with van der Waals surface area (Å²) in [6.45, 7) is 3.73. The molecule has 0 heterocycles. The molecule has 0 unspecified atom stereocenters. The van der Waals surface area contributed by atoms with Crippen LogP contribution in [0.1, 0.15) is 89.2 Å². The summed E-state index contributed by atoms with van der Waals surface area (Å²) < 4.78 is 28.1. The van der Waals surface area contributed by atoms with Gasteiger partial charge in [-0.15, -0.1) is 0 Å². The smallest absolute Gasteiger partial charge is 0.162 e. The fraction of sp³-hybridized carbons (Fsp3) is 0.667. The fourth-order valence-corrected chi connectivity index (χ4v) is 5.10. The molecule has 0 atom stereocenters. The van der Waals surface area contributed by atoms with Crippen molar-refractivity contribution < 1.29 is 8.78 Å². The Morgan fingerprint density at radius 1 is 0.885 bits per heavy atom. The summed E-state index contributed by atoms with van der Waals surface area (Å²) in [5, 5.41) is 0. The lowest BCUT2D eigenvalue weighted by Gasteiger charge is -2.38. The molecular weight excluding hydrogens is 326 g/mol. The summed E-state index contributed by atoms with van der Waals surface area (Å²) >= 11 is 0. The molecule has 0 aromatic heterocycles. The third-order valence-corrected chi connectivity index (χ3v) is 6.78. The Hall–Kier alpha value is -1.18. The average molecular weight is 363 g/mol. The van der Waals surface area contributed by atoms with E-state index in [0.29, 0.717) is 11.1 Å². The van der Waals surface area contributed by atoms with E-state index >= 15 is 0 Å². The van der Waals surface area contributed by atoms with Crippen molar-refractivity contribution in [3.05, 3.63) is 47.0 Å². The minimum Gasteiger partial charge on any atom is -0.203 e. The first-order valence-corrected chi connectivity index (χ1v) is 10.2. The molecule has 26 heavy (non-hydrogen) atoms. The van der Waals surface area contributed by atoms with Crippen LogP contribution in [0.25, 0.3) is 0 Å². The van der Waals surface area contributed by atoms with Gasteiger partial charge in [0.2, 0.25) is 0 Å². The normalized spacial score (nSPS) is 29.5. The second-order valence-electron chi connectivity index (χ2n) is 8.30. The van der Waals surface area contributed by atoms with Crippen LogP contribution in [0.15, 0.2) is 24.3 Å². The lowest BCUT2D eigenvalue weighted by atomic mass is 9.68. The summed E-state index contributed by atoms with van der Waals surface area (Å²) in [6.07, 6.45) is 15.6. The maximum absolute atomic E-state index is 14.3. The van der Waals surface area contributed by atoms with Crippen LogP contribution >= 0.6 is 0 Å². The molecule has 2 saturated carbocycles. The van der Waals surface area contributed by atoms with E-state index < -0.39 is 11.6 Å². The molecule has 0 amide bonds. The highest BCUT2D eigenvalue weighted by Crippen LogP contribution is 2.45. The van der Waals surface area contributed by atoms with Crippen LogP contribution in [0, 0.1) is 36.3 Å². The zero-order valence-corrected chi connectivity index (χ0v) is 15.7. The van der Waals surface area contributed by atoms with Crippen molar-refractivity contribution in [1.29, 1.82) is 0 Å². The number of aryl methyl sites for hydroxylation is 1. The average Bonchev–Trinajstić information content (AvgIpc) is 2.65. The van der Waals surface area contributed by atoms with E-state index in [9.17, 15) is 8.78 Å². The molecule has 2 fully saturated rings. The molecule has 0 N–H and O–H groups in total. The highest BCUT2D eigenvalue weighted by Gasteiger charge is 2.32. The zero-order chi connectivity index (χ0) is 17.8. The quantitative estimate of drug-likeness (QED) is 0.477. The first kappa shape index (κ1) is 21.1. The second-order valence-corrected chi connectivity index (χ2v) is 8.30. The third-order valence-electron chi connectivity index (χ3n) is 6.78. The maximum atomic E-state index is 14.3. The minimum atomic E-state index is -0.654. The Balaban J connectivity index is 0.00000243. The molecule has 1 aromatic rings. The maximum Gasteiger partial charge on any atom is 0.162 e. The van der Waals surface area contributed by atoms with Gasteiger partial charge in [0.25, 0.3) is 0 Å². The van der Waals surface area contributed by atoms with Crippen LogP contribution < -0.4 is 0 Å². The SMILES string of the molecule is C.CC=CCC1CCC(C2CCC(c3ccc(C)c(F)c3F)CC2)CC1. The topological polar surface area (TPSA) is 0 Å². The van der Waals surface area contributed by atoms with Gasteiger partial charge in [-0.05, 0) is 106 Å². The lowest BCUT2D eigenvalue weighted by molar-refractivity contribution is 0.160. The molecule has 0 radical (unpaired) electrons. The fourth-order valence-electron chi connectivity index (χ4n) is 5.10. The molecule has 0 nitrogen and oxygen atoms in total. The van der Waals surface area contributed by atoms with Gasteiger partial charge in [0, 0.05) is 0 Å². The molecular formula is C24H36F2. The van der Waals surface area contributed by atoms with Crippen LogP contribution in [-0.2, 0) is 0 Å². The molecule has 1 aromatic carbocycles. The number of halogens is 2. The van der Waals surface area contributed by atoms with Crippen molar-refractivity contribution in [3.63, 3.8) is 0 Å². The highest BCUT2D eigenvalue weighted by molar-refractivity contribution is 5.28. The van der Waals surface area contributed by atoms with Crippen molar-refractivity contribution in [2.45, 2.75) is 85.0 Å². The van der Waals surface area contributed by atoms with E-state index in [2.05, 4.69) is 19.1 Å². The predicted molar refractivity (Wildman–Crippen MR) is 107 cm³/mol. The first-order chi connectivity index (χ1) is 12.1. The van der Waals surface area contributed by atoms with Crippen molar-refractivity contribution >= 4 is 0 Å².